The molecule has 0 aromatic heterocycles. The van der Waals surface area contributed by atoms with Crippen LogP contribution in [0.15, 0.2) is 24.3 Å². The highest BCUT2D eigenvalue weighted by molar-refractivity contribution is 5.76. The van der Waals surface area contributed by atoms with Crippen molar-refractivity contribution in [2.24, 2.45) is 0 Å². The zero-order valence-corrected chi connectivity index (χ0v) is 45.1. The summed E-state index contributed by atoms with van der Waals surface area (Å²) < 4.78 is 5.46. The number of nitrogens with one attached hydrogen (secondary N) is 1. The van der Waals surface area contributed by atoms with E-state index < -0.39 is 12.1 Å². The number of allylic oxidation sites excluding steroid dienone is 4. The van der Waals surface area contributed by atoms with Gasteiger partial charge >= 0.3 is 5.97 Å². The Morgan fingerprint density at radius 3 is 1.15 bits per heavy atom. The second kappa shape index (κ2) is 56.9. The molecule has 0 fully saturated rings. The van der Waals surface area contributed by atoms with E-state index >= 15 is 0 Å². The second-order valence-corrected chi connectivity index (χ2v) is 20.7. The third-order valence-corrected chi connectivity index (χ3v) is 14.0. The van der Waals surface area contributed by atoms with E-state index in [2.05, 4.69) is 43.5 Å². The van der Waals surface area contributed by atoms with Crippen LogP contribution >= 0.6 is 0 Å². The quantitative estimate of drug-likeness (QED) is 0.0321. The lowest BCUT2D eigenvalue weighted by molar-refractivity contribution is -0.143. The Hall–Kier alpha value is -1.66. The summed E-state index contributed by atoms with van der Waals surface area (Å²) in [4.78, 5) is 24.6. The topological polar surface area (TPSA) is 95.9 Å². The molecule has 0 saturated carbocycles. The zero-order valence-electron chi connectivity index (χ0n) is 45.1. The molecule has 0 spiro atoms. The molecule has 396 valence electrons. The summed E-state index contributed by atoms with van der Waals surface area (Å²) >= 11 is 0. The van der Waals surface area contributed by atoms with Gasteiger partial charge in [0.1, 0.15) is 0 Å². The van der Waals surface area contributed by atoms with Crippen LogP contribution in [0, 0.1) is 0 Å². The fourth-order valence-electron chi connectivity index (χ4n) is 9.38. The fraction of sp³-hybridized carbons (Fsp3) is 0.902. The molecule has 0 aliphatic rings. The highest BCUT2D eigenvalue weighted by Crippen LogP contribution is 2.18. The van der Waals surface area contributed by atoms with Crippen molar-refractivity contribution in [1.82, 2.24) is 5.32 Å². The SMILES string of the molecule is CCCCCC/C=C\C/C=C\CCCCCCCC(=O)OCCCCCCCCCCCCC(=O)NC(CO)C(O)CCCCCCCCCCCCCCCCCCCCCCCCCC. The van der Waals surface area contributed by atoms with Crippen LogP contribution in [0.4, 0.5) is 0 Å². The lowest BCUT2D eigenvalue weighted by atomic mass is 10.0. The van der Waals surface area contributed by atoms with Gasteiger partial charge in [-0.1, -0.05) is 282 Å². The van der Waals surface area contributed by atoms with Gasteiger partial charge in [0.25, 0.3) is 0 Å². The van der Waals surface area contributed by atoms with Crippen molar-refractivity contribution in [3.63, 3.8) is 0 Å². The predicted octanol–water partition coefficient (Wildman–Crippen LogP) is 18.6. The molecule has 0 aromatic rings. The van der Waals surface area contributed by atoms with Gasteiger partial charge in [-0.2, -0.15) is 0 Å². The summed E-state index contributed by atoms with van der Waals surface area (Å²) in [5.74, 6) is -0.0866. The van der Waals surface area contributed by atoms with Crippen LogP contribution in [-0.2, 0) is 14.3 Å². The summed E-state index contributed by atoms with van der Waals surface area (Å²) in [6.45, 7) is 4.90. The number of amides is 1. The van der Waals surface area contributed by atoms with Crippen molar-refractivity contribution in [1.29, 1.82) is 0 Å². The number of carbonyl (C=O) groups is 2. The molecular weight excluding hydrogens is 827 g/mol. The van der Waals surface area contributed by atoms with E-state index in [0.717, 1.165) is 70.6 Å². The summed E-state index contributed by atoms with van der Waals surface area (Å²) in [6.07, 6.45) is 68.9. The van der Waals surface area contributed by atoms with Gasteiger partial charge in [-0.25, -0.2) is 0 Å². The number of carbonyl (C=O) groups excluding carboxylic acids is 2. The Balaban J connectivity index is 3.47. The summed E-state index contributed by atoms with van der Waals surface area (Å²) in [5, 5.41) is 23.4. The number of hydrogen-bond acceptors (Lipinski definition) is 5. The molecule has 0 aromatic carbocycles. The van der Waals surface area contributed by atoms with Crippen LogP contribution in [0.2, 0.25) is 0 Å². The van der Waals surface area contributed by atoms with E-state index in [0.29, 0.717) is 25.9 Å². The van der Waals surface area contributed by atoms with Gasteiger partial charge in [0.2, 0.25) is 5.91 Å². The molecule has 0 aliphatic heterocycles. The number of aliphatic hydroxyl groups excluding tert-OH is 2. The highest BCUT2D eigenvalue weighted by Gasteiger charge is 2.20. The molecule has 0 heterocycles. The molecule has 1 amide bonds. The molecule has 3 N–H and O–H groups in total. The Morgan fingerprint density at radius 1 is 0.418 bits per heavy atom. The largest absolute Gasteiger partial charge is 0.466 e. The lowest BCUT2D eigenvalue weighted by Gasteiger charge is -2.22. The summed E-state index contributed by atoms with van der Waals surface area (Å²) in [6, 6.07) is -0.561. The zero-order chi connectivity index (χ0) is 48.6. The lowest BCUT2D eigenvalue weighted by Crippen LogP contribution is -2.45. The van der Waals surface area contributed by atoms with E-state index in [9.17, 15) is 19.8 Å². The van der Waals surface area contributed by atoms with E-state index in [1.54, 1.807) is 0 Å². The van der Waals surface area contributed by atoms with Crippen LogP contribution < -0.4 is 5.32 Å². The van der Waals surface area contributed by atoms with Crippen molar-refractivity contribution in [3.05, 3.63) is 24.3 Å². The molecule has 0 bridgehead atoms. The van der Waals surface area contributed by atoms with Crippen molar-refractivity contribution < 1.29 is 24.5 Å². The maximum absolute atomic E-state index is 12.5. The Kier molecular flexibility index (Phi) is 55.5. The van der Waals surface area contributed by atoms with Crippen LogP contribution in [0.3, 0.4) is 0 Å². The molecule has 2 atom stereocenters. The van der Waals surface area contributed by atoms with Gasteiger partial charge in [0, 0.05) is 12.8 Å². The second-order valence-electron chi connectivity index (χ2n) is 20.7. The maximum Gasteiger partial charge on any atom is 0.305 e. The van der Waals surface area contributed by atoms with Gasteiger partial charge in [0.05, 0.1) is 25.4 Å². The third-order valence-electron chi connectivity index (χ3n) is 14.0. The molecule has 6 nitrogen and oxygen atoms in total. The van der Waals surface area contributed by atoms with Gasteiger partial charge in [-0.3, -0.25) is 9.59 Å². The van der Waals surface area contributed by atoms with Crippen LogP contribution in [0.1, 0.15) is 328 Å². The van der Waals surface area contributed by atoms with Crippen molar-refractivity contribution in [3.8, 4) is 0 Å². The third kappa shape index (κ3) is 53.5. The van der Waals surface area contributed by atoms with Gasteiger partial charge in [-0.15, -0.1) is 0 Å². The first kappa shape index (κ1) is 65.3. The molecule has 2 unspecified atom stereocenters. The van der Waals surface area contributed by atoms with Crippen LogP contribution in [0.25, 0.3) is 0 Å². The molecule has 67 heavy (non-hydrogen) atoms. The average molecular weight is 945 g/mol. The summed E-state index contributed by atoms with van der Waals surface area (Å²) in [5.41, 5.74) is 0. The smallest absolute Gasteiger partial charge is 0.305 e. The Labute approximate surface area is 418 Å². The van der Waals surface area contributed by atoms with Crippen LogP contribution in [-0.4, -0.2) is 47.4 Å². The standard InChI is InChI=1S/C61H117NO5/c1-3-5-7-9-11-13-15-17-19-21-22-23-24-25-26-27-28-29-31-33-37-41-45-49-53-59(64)58(57-63)62-60(65)54-50-46-42-38-35-36-40-44-48-52-56-67-61(66)55-51-47-43-39-34-32-30-20-18-16-14-12-10-8-6-4-2/h14,16,20,30,58-59,63-64H,3-13,15,17-19,21-29,31-57H2,1-2H3,(H,62,65)/b16-14-,30-20-. The first-order chi connectivity index (χ1) is 33.0. The number of esters is 1. The predicted molar refractivity (Wildman–Crippen MR) is 292 cm³/mol. The first-order valence-corrected chi connectivity index (χ1v) is 30.1. The molecule has 0 saturated heterocycles. The minimum Gasteiger partial charge on any atom is -0.466 e. The molecule has 0 aliphatic carbocycles. The Bertz CT molecular complexity index is 1040. The highest BCUT2D eigenvalue weighted by atomic mass is 16.5. The van der Waals surface area contributed by atoms with E-state index in [1.165, 1.54) is 225 Å². The molecule has 0 rings (SSSR count). The van der Waals surface area contributed by atoms with E-state index in [1.807, 2.05) is 0 Å². The average Bonchev–Trinajstić information content (AvgIpc) is 3.33. The van der Waals surface area contributed by atoms with Crippen molar-refractivity contribution in [2.45, 2.75) is 341 Å². The normalized spacial score (nSPS) is 12.7. The monoisotopic (exact) mass is 944 g/mol. The first-order valence-electron chi connectivity index (χ1n) is 30.1. The van der Waals surface area contributed by atoms with Gasteiger partial charge in [-0.05, 0) is 57.8 Å². The van der Waals surface area contributed by atoms with E-state index in [-0.39, 0.29) is 18.5 Å². The number of unbranched alkanes of at least 4 members (excludes halogenated alkanes) is 41. The number of ether oxygens (including phenoxy) is 1. The van der Waals surface area contributed by atoms with Crippen LogP contribution in [0.5, 0.6) is 0 Å². The minimum atomic E-state index is -0.681. The Morgan fingerprint density at radius 2 is 0.746 bits per heavy atom. The fourth-order valence-corrected chi connectivity index (χ4v) is 9.38. The van der Waals surface area contributed by atoms with Crippen molar-refractivity contribution >= 4 is 11.9 Å². The minimum absolute atomic E-state index is 0.0311. The number of aliphatic hydroxyl groups is 2. The van der Waals surface area contributed by atoms with Gasteiger partial charge < -0.3 is 20.3 Å². The molecular formula is C61H117NO5. The van der Waals surface area contributed by atoms with Gasteiger partial charge in [0.15, 0.2) is 0 Å². The number of hydrogen-bond donors (Lipinski definition) is 3. The van der Waals surface area contributed by atoms with Crippen molar-refractivity contribution in [2.75, 3.05) is 13.2 Å². The molecule has 0 radical (unpaired) electrons. The maximum atomic E-state index is 12.5. The molecule has 6 heteroatoms. The van der Waals surface area contributed by atoms with E-state index in [4.69, 9.17) is 4.74 Å². The number of rotatable bonds is 56. The summed E-state index contributed by atoms with van der Waals surface area (Å²) in [7, 11) is 0.